The fourth-order valence-corrected chi connectivity index (χ4v) is 3.31. The Morgan fingerprint density at radius 3 is 2.88 bits per heavy atom. The average molecular weight is 344 g/mol. The van der Waals surface area contributed by atoms with Crippen molar-refractivity contribution in [2.45, 2.75) is 25.4 Å². The predicted octanol–water partition coefficient (Wildman–Crippen LogP) is 2.01. The summed E-state index contributed by atoms with van der Waals surface area (Å²) in [5.41, 5.74) is 0.455. The molecule has 8 nitrogen and oxygen atoms in total. The fourth-order valence-electron chi connectivity index (χ4n) is 3.31. The van der Waals surface area contributed by atoms with Crippen molar-refractivity contribution in [3.63, 3.8) is 0 Å². The topological polar surface area (TPSA) is 102 Å². The molecule has 1 aliphatic rings. The van der Waals surface area contributed by atoms with Crippen molar-refractivity contribution in [1.82, 2.24) is 14.5 Å². The minimum absolute atomic E-state index is 0.0640. The van der Waals surface area contributed by atoms with Gasteiger partial charge in [0.25, 0.3) is 11.6 Å². The Labute approximate surface area is 144 Å². The second-order valence-electron chi connectivity index (χ2n) is 6.37. The van der Waals surface area contributed by atoms with Gasteiger partial charge in [0.05, 0.1) is 17.4 Å². The monoisotopic (exact) mass is 344 g/mol. The zero-order chi connectivity index (χ0) is 18.0. The smallest absolute Gasteiger partial charge is 0.294 e. The van der Waals surface area contributed by atoms with Crippen molar-refractivity contribution in [2.24, 2.45) is 5.92 Å². The van der Waals surface area contributed by atoms with Crippen LogP contribution in [0.4, 0.5) is 5.69 Å². The second kappa shape index (κ2) is 7.02. The summed E-state index contributed by atoms with van der Waals surface area (Å²) in [6.07, 6.45) is 6.83. The van der Waals surface area contributed by atoms with Crippen molar-refractivity contribution in [1.29, 1.82) is 0 Å². The molecule has 1 amide bonds. The molecule has 132 valence electrons. The summed E-state index contributed by atoms with van der Waals surface area (Å²) in [6.45, 7) is 0.442. The molecule has 25 heavy (non-hydrogen) atoms. The van der Waals surface area contributed by atoms with Gasteiger partial charge in [0.15, 0.2) is 0 Å². The largest absolute Gasteiger partial charge is 0.393 e. The van der Waals surface area contributed by atoms with Gasteiger partial charge in [-0.3, -0.25) is 14.9 Å². The van der Waals surface area contributed by atoms with Crippen LogP contribution in [0.3, 0.4) is 0 Å². The molecule has 0 aliphatic heterocycles. The molecule has 0 saturated heterocycles. The van der Waals surface area contributed by atoms with Gasteiger partial charge in [-0.05, 0) is 25.0 Å². The highest BCUT2D eigenvalue weighted by molar-refractivity contribution is 5.95. The number of hydrogen-bond acceptors (Lipinski definition) is 5. The van der Waals surface area contributed by atoms with Gasteiger partial charge < -0.3 is 14.6 Å². The summed E-state index contributed by atoms with van der Waals surface area (Å²) >= 11 is 0. The molecule has 1 heterocycles. The van der Waals surface area contributed by atoms with Gasteiger partial charge in [0.1, 0.15) is 5.69 Å². The van der Waals surface area contributed by atoms with Gasteiger partial charge in [-0.2, -0.15) is 0 Å². The zero-order valence-electron chi connectivity index (χ0n) is 13.9. The number of carbonyl (C=O) groups is 1. The minimum atomic E-state index is -0.507. The van der Waals surface area contributed by atoms with Gasteiger partial charge in [0, 0.05) is 43.5 Å². The van der Waals surface area contributed by atoms with Crippen LogP contribution >= 0.6 is 0 Å². The summed E-state index contributed by atoms with van der Waals surface area (Å²) < 4.78 is 1.53. The first-order valence-electron chi connectivity index (χ1n) is 8.17. The number of aromatic nitrogens is 2. The van der Waals surface area contributed by atoms with Crippen LogP contribution in [-0.4, -0.2) is 50.1 Å². The molecule has 1 aromatic carbocycles. The number of benzene rings is 1. The fraction of sp³-hybridized carbons (Fsp3) is 0.412. The minimum Gasteiger partial charge on any atom is -0.393 e. The number of nitro benzene ring substituents is 1. The van der Waals surface area contributed by atoms with Gasteiger partial charge in [-0.1, -0.05) is 6.42 Å². The quantitative estimate of drug-likeness (QED) is 0.660. The summed E-state index contributed by atoms with van der Waals surface area (Å²) in [5, 5.41) is 21.3. The number of imidazole rings is 1. The summed E-state index contributed by atoms with van der Waals surface area (Å²) in [7, 11) is 1.66. The molecule has 1 N–H and O–H groups in total. The van der Waals surface area contributed by atoms with Crippen LogP contribution in [0.2, 0.25) is 0 Å². The number of aliphatic hydroxyl groups is 1. The van der Waals surface area contributed by atoms with Crippen molar-refractivity contribution < 1.29 is 14.8 Å². The van der Waals surface area contributed by atoms with Crippen LogP contribution in [0.15, 0.2) is 36.9 Å². The van der Waals surface area contributed by atoms with E-state index in [-0.39, 0.29) is 29.2 Å². The van der Waals surface area contributed by atoms with Crippen molar-refractivity contribution >= 4 is 11.6 Å². The number of carbonyl (C=O) groups excluding carboxylic acids is 1. The summed E-state index contributed by atoms with van der Waals surface area (Å²) in [6, 6.07) is 4.41. The molecule has 8 heteroatoms. The lowest BCUT2D eigenvalue weighted by atomic mass is 10.0. The van der Waals surface area contributed by atoms with Gasteiger partial charge in [0.2, 0.25) is 0 Å². The highest BCUT2D eigenvalue weighted by Gasteiger charge is 2.28. The zero-order valence-corrected chi connectivity index (χ0v) is 13.9. The van der Waals surface area contributed by atoms with Gasteiger partial charge in [-0.25, -0.2) is 4.98 Å². The Kier molecular flexibility index (Phi) is 4.80. The summed E-state index contributed by atoms with van der Waals surface area (Å²) in [4.78, 5) is 28.9. The number of nitro groups is 1. The first kappa shape index (κ1) is 17.1. The van der Waals surface area contributed by atoms with E-state index in [0.29, 0.717) is 12.2 Å². The Bertz CT molecular complexity index is 775. The van der Waals surface area contributed by atoms with Crippen molar-refractivity contribution in [3.8, 4) is 5.69 Å². The van der Waals surface area contributed by atoms with Crippen LogP contribution in [0.5, 0.6) is 0 Å². The van der Waals surface area contributed by atoms with E-state index in [0.717, 1.165) is 19.3 Å². The summed E-state index contributed by atoms with van der Waals surface area (Å²) in [5.74, 6) is -0.228. The average Bonchev–Trinajstić information content (AvgIpc) is 3.26. The second-order valence-corrected chi connectivity index (χ2v) is 6.37. The van der Waals surface area contributed by atoms with E-state index in [4.69, 9.17) is 0 Å². The maximum atomic E-state index is 12.6. The van der Waals surface area contributed by atoms with Crippen molar-refractivity contribution in [3.05, 3.63) is 52.6 Å². The third-order valence-electron chi connectivity index (χ3n) is 4.68. The third kappa shape index (κ3) is 3.53. The van der Waals surface area contributed by atoms with E-state index in [2.05, 4.69) is 4.98 Å². The number of nitrogens with zero attached hydrogens (tertiary/aromatic N) is 4. The van der Waals surface area contributed by atoms with Crippen LogP contribution < -0.4 is 0 Å². The van der Waals surface area contributed by atoms with E-state index >= 15 is 0 Å². The Morgan fingerprint density at radius 2 is 2.28 bits per heavy atom. The maximum Gasteiger partial charge on any atom is 0.294 e. The molecular weight excluding hydrogens is 324 g/mol. The molecule has 0 spiro atoms. The molecule has 2 unspecified atom stereocenters. The first-order chi connectivity index (χ1) is 12.0. The van der Waals surface area contributed by atoms with Gasteiger partial charge in [-0.15, -0.1) is 0 Å². The van der Waals surface area contributed by atoms with Crippen LogP contribution in [0, 0.1) is 16.0 Å². The highest BCUT2D eigenvalue weighted by atomic mass is 16.6. The number of hydrogen-bond donors (Lipinski definition) is 1. The van der Waals surface area contributed by atoms with E-state index in [1.807, 2.05) is 0 Å². The van der Waals surface area contributed by atoms with Gasteiger partial charge >= 0.3 is 0 Å². The molecule has 0 radical (unpaired) electrons. The van der Waals surface area contributed by atoms with E-state index in [1.165, 1.54) is 28.1 Å². The molecule has 1 aliphatic carbocycles. The molecule has 2 atom stereocenters. The van der Waals surface area contributed by atoms with E-state index < -0.39 is 4.92 Å². The number of amides is 1. The lowest BCUT2D eigenvalue weighted by Gasteiger charge is -2.23. The number of rotatable bonds is 5. The van der Waals surface area contributed by atoms with E-state index in [9.17, 15) is 20.0 Å². The van der Waals surface area contributed by atoms with Crippen molar-refractivity contribution in [2.75, 3.05) is 13.6 Å². The first-order valence-corrected chi connectivity index (χ1v) is 8.17. The SMILES string of the molecule is CN(CC1CCCC1O)C(=O)c1ccc(-n2ccnc2)c([N+](=O)[O-])c1. The Morgan fingerprint density at radius 1 is 1.48 bits per heavy atom. The lowest BCUT2D eigenvalue weighted by Crippen LogP contribution is -2.34. The molecule has 2 aromatic rings. The molecule has 0 bridgehead atoms. The molecular formula is C17H20N4O4. The predicted molar refractivity (Wildman–Crippen MR) is 90.5 cm³/mol. The third-order valence-corrected chi connectivity index (χ3v) is 4.68. The van der Waals surface area contributed by atoms with Crippen LogP contribution in [0.1, 0.15) is 29.6 Å². The standard InChI is InChI=1S/C17H20N4O4/c1-19(10-13-3-2-4-16(13)22)17(23)12-5-6-14(15(9-12)21(24)25)20-8-7-18-11-20/h5-9,11,13,16,22H,2-4,10H2,1H3. The Balaban J connectivity index is 1.83. The lowest BCUT2D eigenvalue weighted by molar-refractivity contribution is -0.384. The molecule has 1 saturated carbocycles. The maximum absolute atomic E-state index is 12.6. The normalized spacial score (nSPS) is 19.8. The van der Waals surface area contributed by atoms with E-state index in [1.54, 1.807) is 25.4 Å². The van der Waals surface area contributed by atoms with Crippen LogP contribution in [0.25, 0.3) is 5.69 Å². The molecule has 1 aromatic heterocycles. The highest BCUT2D eigenvalue weighted by Crippen LogP contribution is 2.28. The molecule has 1 fully saturated rings. The number of aliphatic hydroxyl groups excluding tert-OH is 1. The van der Waals surface area contributed by atoms with Crippen LogP contribution in [-0.2, 0) is 0 Å². The Hall–Kier alpha value is -2.74. The molecule has 3 rings (SSSR count).